The monoisotopic (exact) mass is 289 g/mol. The van der Waals surface area contributed by atoms with Crippen LogP contribution in [0.3, 0.4) is 0 Å². The first-order valence-corrected chi connectivity index (χ1v) is 4.67. The van der Waals surface area contributed by atoms with Gasteiger partial charge >= 0.3 is 0 Å². The van der Waals surface area contributed by atoms with Crippen LogP contribution in [0.25, 0.3) is 0 Å². The molecule has 0 aliphatic rings. The second-order valence-electron chi connectivity index (χ2n) is 2.48. The van der Waals surface area contributed by atoms with Crippen LogP contribution >= 0.6 is 22.6 Å². The van der Waals surface area contributed by atoms with Crippen molar-refractivity contribution in [2.24, 2.45) is 10.9 Å². The number of nitrogens with two attached hydrogens (primary N) is 1. The predicted molar refractivity (Wildman–Crippen MR) is 58.7 cm³/mol. The van der Waals surface area contributed by atoms with Crippen molar-refractivity contribution in [2.75, 3.05) is 0 Å². The normalized spacial score (nSPS) is 11.3. The zero-order valence-electron chi connectivity index (χ0n) is 6.77. The van der Waals surface area contributed by atoms with Crippen molar-refractivity contribution >= 4 is 22.6 Å². The molecule has 0 bridgehead atoms. The molecule has 0 saturated heterocycles. The van der Waals surface area contributed by atoms with E-state index in [1.807, 2.05) is 12.1 Å². The van der Waals surface area contributed by atoms with Gasteiger partial charge in [0.05, 0.1) is 6.20 Å². The fourth-order valence-electron chi connectivity index (χ4n) is 0.860. The van der Waals surface area contributed by atoms with Gasteiger partial charge in [0.25, 0.3) is 0 Å². The Morgan fingerprint density at radius 2 is 2.46 bits per heavy atom. The highest BCUT2D eigenvalue weighted by molar-refractivity contribution is 14.1. The summed E-state index contributed by atoms with van der Waals surface area (Å²) in [7, 11) is 0. The molecule has 0 aliphatic heterocycles. The molecule has 0 fully saturated rings. The molecule has 1 aromatic rings. The Morgan fingerprint density at radius 3 is 3.00 bits per heavy atom. The molecule has 0 aliphatic carbocycles. The molecule has 4 nitrogen and oxygen atoms in total. The van der Waals surface area contributed by atoms with Crippen molar-refractivity contribution in [3.8, 4) is 0 Å². The molecule has 0 saturated carbocycles. The Balaban J connectivity index is 2.69. The topological polar surface area (TPSA) is 68.3 Å². The van der Waals surface area contributed by atoms with Crippen molar-refractivity contribution in [1.29, 1.82) is 0 Å². The summed E-state index contributed by atoms with van der Waals surface area (Å²) in [5, 5.41) is 2.59. The Bertz CT molecular complexity index is 321. The quantitative estimate of drug-likeness (QED) is 0.524. The Hall–Kier alpha value is -0.980. The highest BCUT2D eigenvalue weighted by Crippen LogP contribution is 2.05. The van der Waals surface area contributed by atoms with Crippen LogP contribution in [0.2, 0.25) is 0 Å². The predicted octanol–water partition coefficient (Wildman–Crippen LogP) is 1.80. The van der Waals surface area contributed by atoms with E-state index in [2.05, 4.69) is 32.8 Å². The maximum Gasteiger partial charge on any atom is 0.101 e. The van der Waals surface area contributed by atoms with E-state index >= 15 is 0 Å². The third-order valence-electron chi connectivity index (χ3n) is 1.42. The second kappa shape index (κ2) is 4.90. The number of rotatable bonds is 3. The molecule has 0 aromatic carbocycles. The summed E-state index contributed by atoms with van der Waals surface area (Å²) in [6.45, 7) is 0. The molecule has 0 unspecified atom stereocenters. The van der Waals surface area contributed by atoms with E-state index in [4.69, 9.17) is 5.73 Å². The van der Waals surface area contributed by atoms with Crippen molar-refractivity contribution < 1.29 is 0 Å². The minimum absolute atomic E-state index is 0.443. The number of nitroso groups, excluding NO2 is 1. The average molecular weight is 289 g/mol. The first kappa shape index (κ1) is 10.1. The van der Waals surface area contributed by atoms with Crippen molar-refractivity contribution in [3.63, 3.8) is 0 Å². The minimum atomic E-state index is 0.443. The summed E-state index contributed by atoms with van der Waals surface area (Å²) in [5.74, 6) is 0. The molecule has 1 heterocycles. The second-order valence-corrected chi connectivity index (χ2v) is 3.58. The lowest BCUT2D eigenvalue weighted by Gasteiger charge is -1.99. The van der Waals surface area contributed by atoms with Crippen LogP contribution in [0.5, 0.6) is 0 Å². The zero-order valence-corrected chi connectivity index (χ0v) is 8.93. The number of nitrogens with zero attached hydrogens (tertiary/aromatic N) is 2. The molecule has 13 heavy (non-hydrogen) atoms. The SMILES string of the molecule is N/C(=C\N=O)Cc1ccc(I)nc1. The van der Waals surface area contributed by atoms with E-state index in [-0.39, 0.29) is 0 Å². The molecule has 1 rings (SSSR count). The summed E-state index contributed by atoms with van der Waals surface area (Å²) in [4.78, 5) is 13.9. The number of halogens is 1. The summed E-state index contributed by atoms with van der Waals surface area (Å²) < 4.78 is 0.928. The van der Waals surface area contributed by atoms with Gasteiger partial charge in [0.15, 0.2) is 0 Å². The Kier molecular flexibility index (Phi) is 3.81. The number of aromatic nitrogens is 1. The van der Waals surface area contributed by atoms with Gasteiger partial charge in [-0.25, -0.2) is 0 Å². The van der Waals surface area contributed by atoms with Crippen LogP contribution in [0.15, 0.2) is 35.4 Å². The Labute approximate surface area is 89.4 Å². The van der Waals surface area contributed by atoms with Gasteiger partial charge in [-0.2, -0.15) is 0 Å². The van der Waals surface area contributed by atoms with Crippen LogP contribution in [0, 0.1) is 8.61 Å². The van der Waals surface area contributed by atoms with Gasteiger partial charge in [0, 0.05) is 18.3 Å². The molecule has 0 atom stereocenters. The van der Waals surface area contributed by atoms with Crippen molar-refractivity contribution in [2.45, 2.75) is 6.42 Å². The maximum absolute atomic E-state index is 9.84. The zero-order chi connectivity index (χ0) is 9.68. The lowest BCUT2D eigenvalue weighted by molar-refractivity contribution is 1.06. The minimum Gasteiger partial charge on any atom is -0.400 e. The molecule has 5 heteroatoms. The summed E-state index contributed by atoms with van der Waals surface area (Å²) in [5.41, 5.74) is 6.90. The van der Waals surface area contributed by atoms with E-state index in [9.17, 15) is 4.91 Å². The molecule has 0 spiro atoms. The first-order chi connectivity index (χ1) is 6.22. The fourth-order valence-corrected chi connectivity index (χ4v) is 1.18. The third-order valence-corrected chi connectivity index (χ3v) is 2.05. The maximum atomic E-state index is 9.84. The highest BCUT2D eigenvalue weighted by atomic mass is 127. The van der Waals surface area contributed by atoms with Gasteiger partial charge in [0.1, 0.15) is 3.70 Å². The third kappa shape index (κ3) is 3.49. The van der Waals surface area contributed by atoms with E-state index in [1.54, 1.807) is 6.20 Å². The van der Waals surface area contributed by atoms with Gasteiger partial charge in [-0.15, -0.1) is 4.91 Å². The highest BCUT2D eigenvalue weighted by Gasteiger charge is 1.95. The van der Waals surface area contributed by atoms with Crippen LogP contribution in [0.1, 0.15) is 5.56 Å². The lowest BCUT2D eigenvalue weighted by Crippen LogP contribution is -2.01. The van der Waals surface area contributed by atoms with E-state index in [0.717, 1.165) is 15.5 Å². The van der Waals surface area contributed by atoms with Gasteiger partial charge in [-0.3, -0.25) is 4.98 Å². The van der Waals surface area contributed by atoms with Gasteiger partial charge in [-0.05, 0) is 39.4 Å². The van der Waals surface area contributed by atoms with Crippen LogP contribution in [0.4, 0.5) is 0 Å². The number of hydrogen-bond acceptors (Lipinski definition) is 4. The standard InChI is InChI=1S/C8H8IN3O/c9-8-2-1-6(4-11-8)3-7(10)5-12-13/h1-2,4-5H,3,10H2/b7-5-. The van der Waals surface area contributed by atoms with E-state index in [1.165, 1.54) is 0 Å². The summed E-state index contributed by atoms with van der Waals surface area (Å²) in [6, 6.07) is 3.80. The molecule has 2 N–H and O–H groups in total. The van der Waals surface area contributed by atoms with Crippen LogP contribution in [-0.2, 0) is 6.42 Å². The average Bonchev–Trinajstić information content (AvgIpc) is 2.09. The number of hydrogen-bond donors (Lipinski definition) is 1. The van der Waals surface area contributed by atoms with Crippen LogP contribution < -0.4 is 5.73 Å². The molecule has 0 amide bonds. The summed E-state index contributed by atoms with van der Waals surface area (Å²) >= 11 is 2.12. The van der Waals surface area contributed by atoms with E-state index < -0.39 is 0 Å². The molecule has 0 radical (unpaired) electrons. The Morgan fingerprint density at radius 1 is 1.69 bits per heavy atom. The smallest absolute Gasteiger partial charge is 0.101 e. The fraction of sp³-hybridized carbons (Fsp3) is 0.125. The number of pyridine rings is 1. The largest absolute Gasteiger partial charge is 0.400 e. The van der Waals surface area contributed by atoms with Crippen molar-refractivity contribution in [3.05, 3.63) is 44.4 Å². The molecule has 1 aromatic heterocycles. The van der Waals surface area contributed by atoms with E-state index in [0.29, 0.717) is 12.1 Å². The molecular formula is C8H8IN3O. The molecule has 68 valence electrons. The summed E-state index contributed by atoms with van der Waals surface area (Å²) in [6.07, 6.45) is 3.35. The van der Waals surface area contributed by atoms with Gasteiger partial charge in [-0.1, -0.05) is 6.07 Å². The first-order valence-electron chi connectivity index (χ1n) is 3.60. The van der Waals surface area contributed by atoms with Crippen molar-refractivity contribution in [1.82, 2.24) is 4.98 Å². The van der Waals surface area contributed by atoms with Crippen LogP contribution in [-0.4, -0.2) is 4.98 Å². The lowest BCUT2D eigenvalue weighted by atomic mass is 10.2. The van der Waals surface area contributed by atoms with Gasteiger partial charge in [0.2, 0.25) is 0 Å². The van der Waals surface area contributed by atoms with Gasteiger partial charge < -0.3 is 5.73 Å². The number of allylic oxidation sites excluding steroid dienone is 1. The molecular weight excluding hydrogens is 281 g/mol.